The standard InChI is InChI=1S/C12H14F3IN2O4S/c1-18(2)9-4-3-7(5-8(9)16)11(19)17-10(12(13,14)15)6-23(20,21)22/h3-5,10H,6H2,1-2H3,(H,17,19)(H,20,21,22). The molecule has 6 nitrogen and oxygen atoms in total. The number of alkyl halides is 3. The monoisotopic (exact) mass is 466 g/mol. The van der Waals surface area contributed by atoms with Crippen LogP contribution in [0.2, 0.25) is 0 Å². The summed E-state index contributed by atoms with van der Waals surface area (Å²) in [6, 6.07) is 1.57. The second-order valence-electron chi connectivity index (χ2n) is 4.88. The lowest BCUT2D eigenvalue weighted by atomic mass is 10.1. The van der Waals surface area contributed by atoms with Crippen LogP contribution in [0.1, 0.15) is 10.4 Å². The van der Waals surface area contributed by atoms with E-state index in [-0.39, 0.29) is 5.56 Å². The summed E-state index contributed by atoms with van der Waals surface area (Å²) in [4.78, 5) is 13.7. The molecule has 0 aliphatic rings. The van der Waals surface area contributed by atoms with Crippen LogP contribution in [0.15, 0.2) is 18.2 Å². The van der Waals surface area contributed by atoms with Gasteiger partial charge in [-0.15, -0.1) is 0 Å². The van der Waals surface area contributed by atoms with E-state index in [0.717, 1.165) is 5.69 Å². The molecule has 0 saturated heterocycles. The van der Waals surface area contributed by atoms with Gasteiger partial charge in [-0.25, -0.2) is 0 Å². The summed E-state index contributed by atoms with van der Waals surface area (Å²) in [6.07, 6.45) is -5.01. The number of carbonyl (C=O) groups excluding carboxylic acids is 1. The Kier molecular flexibility index (Phi) is 6.26. The first-order valence-electron chi connectivity index (χ1n) is 6.11. The Morgan fingerprint density at radius 3 is 2.35 bits per heavy atom. The van der Waals surface area contributed by atoms with Crippen molar-refractivity contribution in [3.8, 4) is 0 Å². The van der Waals surface area contributed by atoms with Crippen molar-refractivity contribution in [2.24, 2.45) is 0 Å². The van der Waals surface area contributed by atoms with Gasteiger partial charge in [-0.05, 0) is 40.8 Å². The zero-order valence-corrected chi connectivity index (χ0v) is 15.0. The van der Waals surface area contributed by atoms with Crippen molar-refractivity contribution in [1.82, 2.24) is 5.32 Å². The van der Waals surface area contributed by atoms with Gasteiger partial charge in [0.15, 0.2) is 0 Å². The molecule has 1 atom stereocenters. The number of halogens is 4. The van der Waals surface area contributed by atoms with E-state index in [1.165, 1.54) is 12.1 Å². The molecular weight excluding hydrogens is 452 g/mol. The molecule has 23 heavy (non-hydrogen) atoms. The maximum absolute atomic E-state index is 12.8. The van der Waals surface area contributed by atoms with Crippen LogP contribution in [0.5, 0.6) is 0 Å². The van der Waals surface area contributed by atoms with Gasteiger partial charge < -0.3 is 10.2 Å². The molecule has 0 aliphatic carbocycles. The van der Waals surface area contributed by atoms with Crippen molar-refractivity contribution in [3.05, 3.63) is 27.3 Å². The molecule has 0 bridgehead atoms. The molecule has 0 aromatic heterocycles. The summed E-state index contributed by atoms with van der Waals surface area (Å²) in [5, 5.41) is 1.59. The first kappa shape index (κ1) is 20.0. The predicted molar refractivity (Wildman–Crippen MR) is 87.2 cm³/mol. The van der Waals surface area contributed by atoms with Crippen LogP contribution in [0, 0.1) is 3.57 Å². The Morgan fingerprint density at radius 1 is 1.39 bits per heavy atom. The van der Waals surface area contributed by atoms with E-state index >= 15 is 0 Å². The zero-order valence-electron chi connectivity index (χ0n) is 12.1. The lowest BCUT2D eigenvalue weighted by Gasteiger charge is -2.21. The van der Waals surface area contributed by atoms with Crippen molar-refractivity contribution >= 4 is 44.3 Å². The topological polar surface area (TPSA) is 86.7 Å². The zero-order chi connectivity index (χ0) is 18.0. The molecule has 130 valence electrons. The number of benzene rings is 1. The van der Waals surface area contributed by atoms with E-state index in [2.05, 4.69) is 0 Å². The van der Waals surface area contributed by atoms with Crippen LogP contribution in [-0.4, -0.2) is 50.9 Å². The Morgan fingerprint density at radius 2 is 1.96 bits per heavy atom. The molecule has 0 radical (unpaired) electrons. The van der Waals surface area contributed by atoms with E-state index in [1.807, 2.05) is 22.6 Å². The van der Waals surface area contributed by atoms with E-state index < -0.39 is 34.0 Å². The molecule has 1 aromatic rings. The van der Waals surface area contributed by atoms with E-state index in [1.54, 1.807) is 30.4 Å². The second kappa shape index (κ2) is 7.21. The number of hydrogen-bond donors (Lipinski definition) is 2. The van der Waals surface area contributed by atoms with Crippen molar-refractivity contribution in [3.63, 3.8) is 0 Å². The highest BCUT2D eigenvalue weighted by molar-refractivity contribution is 14.1. The van der Waals surface area contributed by atoms with Gasteiger partial charge in [0.1, 0.15) is 11.8 Å². The SMILES string of the molecule is CN(C)c1ccc(C(=O)NC(CS(=O)(=O)O)C(F)(F)F)cc1I. The lowest BCUT2D eigenvalue weighted by molar-refractivity contribution is -0.148. The Hall–Kier alpha value is -1.08. The Bertz CT molecular complexity index is 692. The molecule has 0 saturated carbocycles. The molecule has 1 aromatic carbocycles. The second-order valence-corrected chi connectivity index (χ2v) is 7.54. The Balaban J connectivity index is 3.02. The number of amides is 1. The number of nitrogens with zero attached hydrogens (tertiary/aromatic N) is 1. The van der Waals surface area contributed by atoms with Crippen LogP contribution in [0.25, 0.3) is 0 Å². The highest BCUT2D eigenvalue weighted by atomic mass is 127. The predicted octanol–water partition coefficient (Wildman–Crippen LogP) is 1.91. The molecule has 1 unspecified atom stereocenters. The van der Waals surface area contributed by atoms with E-state index in [4.69, 9.17) is 4.55 Å². The summed E-state index contributed by atoms with van der Waals surface area (Å²) in [7, 11) is -1.37. The maximum Gasteiger partial charge on any atom is 0.409 e. The molecular formula is C12H14F3IN2O4S. The van der Waals surface area contributed by atoms with Crippen LogP contribution >= 0.6 is 22.6 Å². The van der Waals surface area contributed by atoms with Gasteiger partial charge >= 0.3 is 6.18 Å². The molecule has 11 heteroatoms. The average molecular weight is 466 g/mol. The number of anilines is 1. The normalized spacial score (nSPS) is 13.5. The summed E-state index contributed by atoms with van der Waals surface area (Å²) in [5.74, 6) is -2.73. The third kappa shape index (κ3) is 6.14. The third-order valence-corrected chi connectivity index (χ3v) is 4.39. The highest BCUT2D eigenvalue weighted by Crippen LogP contribution is 2.24. The van der Waals surface area contributed by atoms with Crippen molar-refractivity contribution in [2.45, 2.75) is 12.2 Å². The lowest BCUT2D eigenvalue weighted by Crippen LogP contribution is -2.49. The fraction of sp³-hybridized carbons (Fsp3) is 0.417. The largest absolute Gasteiger partial charge is 0.409 e. The van der Waals surface area contributed by atoms with Gasteiger partial charge in [0, 0.05) is 28.9 Å². The molecule has 0 fully saturated rings. The maximum atomic E-state index is 12.8. The molecule has 1 rings (SSSR count). The minimum Gasteiger partial charge on any atom is -0.377 e. The minimum absolute atomic E-state index is 0.0513. The highest BCUT2D eigenvalue weighted by Gasteiger charge is 2.43. The van der Waals surface area contributed by atoms with Gasteiger partial charge in [0.25, 0.3) is 16.0 Å². The van der Waals surface area contributed by atoms with Gasteiger partial charge in [-0.2, -0.15) is 21.6 Å². The summed E-state index contributed by atoms with van der Waals surface area (Å²) in [5.41, 5.74) is 0.719. The van der Waals surface area contributed by atoms with Gasteiger partial charge in [-0.3, -0.25) is 9.35 Å². The fourth-order valence-corrected chi connectivity index (χ4v) is 3.37. The average Bonchev–Trinajstić information content (AvgIpc) is 2.34. The molecule has 0 aliphatic heterocycles. The quantitative estimate of drug-likeness (QED) is 0.512. The van der Waals surface area contributed by atoms with Crippen LogP contribution in [0.4, 0.5) is 18.9 Å². The first-order chi connectivity index (χ1) is 10.3. The summed E-state index contributed by atoms with van der Waals surface area (Å²) >= 11 is 1.93. The van der Waals surface area contributed by atoms with Crippen LogP contribution < -0.4 is 10.2 Å². The number of nitrogens with one attached hydrogen (secondary N) is 1. The van der Waals surface area contributed by atoms with E-state index in [0.29, 0.717) is 3.57 Å². The van der Waals surface area contributed by atoms with Crippen molar-refractivity contribution < 1.29 is 30.9 Å². The van der Waals surface area contributed by atoms with Gasteiger partial charge in [-0.1, -0.05) is 0 Å². The summed E-state index contributed by atoms with van der Waals surface area (Å²) in [6.45, 7) is 0. The molecule has 2 N–H and O–H groups in total. The fourth-order valence-electron chi connectivity index (χ4n) is 1.68. The molecule has 0 heterocycles. The number of rotatable bonds is 5. The smallest absolute Gasteiger partial charge is 0.377 e. The molecule has 0 spiro atoms. The summed E-state index contributed by atoms with van der Waals surface area (Å²) < 4.78 is 68.9. The van der Waals surface area contributed by atoms with Gasteiger partial charge in [0.05, 0.1) is 0 Å². The first-order valence-corrected chi connectivity index (χ1v) is 8.79. The number of hydrogen-bond acceptors (Lipinski definition) is 4. The van der Waals surface area contributed by atoms with Crippen LogP contribution in [-0.2, 0) is 10.1 Å². The van der Waals surface area contributed by atoms with Gasteiger partial charge in [0.2, 0.25) is 0 Å². The minimum atomic E-state index is -5.01. The number of carbonyl (C=O) groups is 1. The Labute approximate surface area is 144 Å². The van der Waals surface area contributed by atoms with E-state index in [9.17, 15) is 26.4 Å². The van der Waals surface area contributed by atoms with Crippen molar-refractivity contribution in [2.75, 3.05) is 24.7 Å². The molecule has 1 amide bonds. The van der Waals surface area contributed by atoms with Crippen molar-refractivity contribution in [1.29, 1.82) is 0 Å². The third-order valence-electron chi connectivity index (χ3n) is 2.77. The van der Waals surface area contributed by atoms with Crippen LogP contribution in [0.3, 0.4) is 0 Å².